The molecule has 0 fully saturated rings. The molecule has 156 valence electrons. The number of nitrogens with zero attached hydrogens (tertiary/aromatic N) is 3. The lowest BCUT2D eigenvalue weighted by Gasteiger charge is -2.25. The van der Waals surface area contributed by atoms with E-state index in [4.69, 9.17) is 0 Å². The summed E-state index contributed by atoms with van der Waals surface area (Å²) < 4.78 is 0. The topological polar surface area (TPSA) is 45.0 Å². The molecule has 0 amide bonds. The summed E-state index contributed by atoms with van der Waals surface area (Å²) in [6, 6.07) is 15.5. The summed E-state index contributed by atoms with van der Waals surface area (Å²) in [7, 11) is 0. The predicted octanol–water partition coefficient (Wildman–Crippen LogP) is 7.88. The van der Waals surface area contributed by atoms with Gasteiger partial charge in [-0.25, -0.2) is 0 Å². The van der Waals surface area contributed by atoms with E-state index in [1.54, 1.807) is 24.3 Å². The number of azo groups is 1. The molecule has 0 heterocycles. The zero-order valence-electron chi connectivity index (χ0n) is 18.0. The molecule has 0 spiro atoms. The van der Waals surface area contributed by atoms with Gasteiger partial charge in [-0.2, -0.15) is 10.2 Å². The third-order valence-electron chi connectivity index (χ3n) is 5.09. The molecule has 0 aromatic heterocycles. The summed E-state index contributed by atoms with van der Waals surface area (Å²) in [5, 5.41) is 8.59. The van der Waals surface area contributed by atoms with Crippen molar-refractivity contribution in [2.75, 3.05) is 18.0 Å². The van der Waals surface area contributed by atoms with Crippen LogP contribution in [0.2, 0.25) is 0 Å². The minimum absolute atomic E-state index is 0.645. The van der Waals surface area contributed by atoms with Gasteiger partial charge in [-0.1, -0.05) is 52.4 Å². The van der Waals surface area contributed by atoms with Crippen LogP contribution in [0.4, 0.5) is 17.1 Å². The van der Waals surface area contributed by atoms with Gasteiger partial charge in [0, 0.05) is 24.3 Å². The predicted molar refractivity (Wildman–Crippen MR) is 123 cm³/mol. The number of hydrogen-bond acceptors (Lipinski definition) is 4. The number of anilines is 1. The van der Waals surface area contributed by atoms with Crippen molar-refractivity contribution in [3.8, 4) is 0 Å². The zero-order valence-corrected chi connectivity index (χ0v) is 18.0. The number of rotatable bonds is 14. The molecule has 29 heavy (non-hydrogen) atoms. The number of hydrogen-bond donors (Lipinski definition) is 0. The van der Waals surface area contributed by atoms with Gasteiger partial charge < -0.3 is 4.90 Å². The molecule has 0 radical (unpaired) electrons. The lowest BCUT2D eigenvalue weighted by atomic mass is 10.1. The summed E-state index contributed by atoms with van der Waals surface area (Å²) in [6.45, 7) is 6.75. The molecule has 2 aromatic carbocycles. The molecular weight excluding hydrogens is 358 g/mol. The maximum Gasteiger partial charge on any atom is 0.150 e. The summed E-state index contributed by atoms with van der Waals surface area (Å²) in [4.78, 5) is 13.2. The third kappa shape index (κ3) is 8.59. The van der Waals surface area contributed by atoms with Crippen molar-refractivity contribution in [2.45, 2.75) is 65.2 Å². The highest BCUT2D eigenvalue weighted by atomic mass is 16.1. The molecule has 0 N–H and O–H groups in total. The number of carbonyl (C=O) groups is 1. The first-order valence-corrected chi connectivity index (χ1v) is 11.1. The van der Waals surface area contributed by atoms with E-state index in [-0.39, 0.29) is 0 Å². The highest BCUT2D eigenvalue weighted by Gasteiger charge is 2.06. The number of benzene rings is 2. The second-order valence-corrected chi connectivity index (χ2v) is 7.53. The Bertz CT molecular complexity index is 711. The molecule has 2 rings (SSSR count). The van der Waals surface area contributed by atoms with E-state index >= 15 is 0 Å². The van der Waals surface area contributed by atoms with Gasteiger partial charge in [-0.15, -0.1) is 0 Å². The van der Waals surface area contributed by atoms with Crippen LogP contribution in [0.3, 0.4) is 0 Å². The minimum Gasteiger partial charge on any atom is -0.372 e. The maximum atomic E-state index is 10.7. The van der Waals surface area contributed by atoms with Crippen molar-refractivity contribution in [3.63, 3.8) is 0 Å². The molecule has 0 aliphatic carbocycles. The van der Waals surface area contributed by atoms with Crippen molar-refractivity contribution in [1.82, 2.24) is 0 Å². The number of aldehydes is 1. The third-order valence-corrected chi connectivity index (χ3v) is 5.09. The fourth-order valence-electron chi connectivity index (χ4n) is 3.29. The van der Waals surface area contributed by atoms with Gasteiger partial charge in [0.2, 0.25) is 0 Å². The smallest absolute Gasteiger partial charge is 0.150 e. The van der Waals surface area contributed by atoms with E-state index in [1.807, 2.05) is 12.1 Å². The summed E-state index contributed by atoms with van der Waals surface area (Å²) in [5.41, 5.74) is 3.50. The van der Waals surface area contributed by atoms with Gasteiger partial charge in [0.05, 0.1) is 11.4 Å². The van der Waals surface area contributed by atoms with Gasteiger partial charge in [0.1, 0.15) is 6.29 Å². The lowest BCUT2D eigenvalue weighted by Crippen LogP contribution is -2.25. The molecular formula is C25H35N3O. The maximum absolute atomic E-state index is 10.7. The molecule has 0 unspecified atom stereocenters. The molecule has 0 atom stereocenters. The van der Waals surface area contributed by atoms with Crippen LogP contribution in [0.1, 0.15) is 75.6 Å². The molecule has 0 bridgehead atoms. The van der Waals surface area contributed by atoms with Gasteiger partial charge in [-0.05, 0) is 61.4 Å². The lowest BCUT2D eigenvalue weighted by molar-refractivity contribution is 0.112. The van der Waals surface area contributed by atoms with E-state index < -0.39 is 0 Å². The molecule has 0 aliphatic heterocycles. The summed E-state index contributed by atoms with van der Waals surface area (Å²) in [5.74, 6) is 0. The Morgan fingerprint density at radius 3 is 1.62 bits per heavy atom. The van der Waals surface area contributed by atoms with E-state index in [2.05, 4.69) is 41.1 Å². The van der Waals surface area contributed by atoms with Crippen LogP contribution >= 0.6 is 0 Å². The Hall–Kier alpha value is -2.49. The average Bonchev–Trinajstić information content (AvgIpc) is 2.77. The van der Waals surface area contributed by atoms with E-state index in [0.29, 0.717) is 5.56 Å². The van der Waals surface area contributed by atoms with Crippen LogP contribution in [-0.4, -0.2) is 19.4 Å². The Kier molecular flexibility index (Phi) is 10.7. The SMILES string of the molecule is CCCCCCN(CCCCCC)c1ccc(/N=N/c2ccc(C=O)cc2)cc1. The largest absolute Gasteiger partial charge is 0.372 e. The highest BCUT2D eigenvalue weighted by molar-refractivity contribution is 5.75. The first-order chi connectivity index (χ1) is 14.3. The van der Waals surface area contributed by atoms with Crippen LogP contribution in [0.25, 0.3) is 0 Å². The average molecular weight is 394 g/mol. The Morgan fingerprint density at radius 1 is 0.690 bits per heavy atom. The van der Waals surface area contributed by atoms with Gasteiger partial charge >= 0.3 is 0 Å². The number of unbranched alkanes of at least 4 members (excludes halogenated alkanes) is 6. The molecule has 2 aromatic rings. The van der Waals surface area contributed by atoms with E-state index in [1.165, 1.54) is 57.1 Å². The van der Waals surface area contributed by atoms with Crippen LogP contribution in [0.15, 0.2) is 58.8 Å². The number of carbonyl (C=O) groups excluding carboxylic acids is 1. The fourth-order valence-corrected chi connectivity index (χ4v) is 3.29. The van der Waals surface area contributed by atoms with E-state index in [0.717, 1.165) is 30.8 Å². The zero-order chi connectivity index (χ0) is 20.7. The van der Waals surface area contributed by atoms with Crippen LogP contribution in [0.5, 0.6) is 0 Å². The van der Waals surface area contributed by atoms with Crippen LogP contribution in [-0.2, 0) is 0 Å². The van der Waals surface area contributed by atoms with Crippen LogP contribution in [0, 0.1) is 0 Å². The second kappa shape index (κ2) is 13.6. The molecule has 0 aliphatic rings. The molecule has 4 nitrogen and oxygen atoms in total. The van der Waals surface area contributed by atoms with Gasteiger partial charge in [0.15, 0.2) is 0 Å². The van der Waals surface area contributed by atoms with Crippen molar-refractivity contribution in [2.24, 2.45) is 10.2 Å². The molecule has 0 saturated heterocycles. The molecule has 4 heteroatoms. The van der Waals surface area contributed by atoms with Crippen molar-refractivity contribution in [1.29, 1.82) is 0 Å². The van der Waals surface area contributed by atoms with Gasteiger partial charge in [-0.3, -0.25) is 4.79 Å². The minimum atomic E-state index is 0.645. The van der Waals surface area contributed by atoms with Crippen LogP contribution < -0.4 is 4.90 Å². The fraction of sp³-hybridized carbons (Fsp3) is 0.480. The summed E-state index contributed by atoms with van der Waals surface area (Å²) >= 11 is 0. The van der Waals surface area contributed by atoms with E-state index in [9.17, 15) is 4.79 Å². The molecule has 0 saturated carbocycles. The first kappa shape index (κ1) is 22.8. The van der Waals surface area contributed by atoms with Crippen molar-refractivity contribution >= 4 is 23.3 Å². The normalized spacial score (nSPS) is 11.1. The Morgan fingerprint density at radius 2 is 1.17 bits per heavy atom. The monoisotopic (exact) mass is 393 g/mol. The first-order valence-electron chi connectivity index (χ1n) is 11.1. The standard InChI is InChI=1S/C25H35N3O/c1-3-5-7-9-19-28(20-10-8-6-4-2)25-17-15-24(16-18-25)27-26-23-13-11-22(21-29)12-14-23/h11-18,21H,3-10,19-20H2,1-2H3/b27-26+. The quantitative estimate of drug-likeness (QED) is 0.186. The highest BCUT2D eigenvalue weighted by Crippen LogP contribution is 2.23. The van der Waals surface area contributed by atoms with Crippen molar-refractivity contribution in [3.05, 3.63) is 54.1 Å². The Labute approximate surface area is 176 Å². The van der Waals surface area contributed by atoms with Gasteiger partial charge in [0.25, 0.3) is 0 Å². The summed E-state index contributed by atoms with van der Waals surface area (Å²) in [6.07, 6.45) is 11.1. The Balaban J connectivity index is 1.97. The second-order valence-electron chi connectivity index (χ2n) is 7.53. The van der Waals surface area contributed by atoms with Crippen molar-refractivity contribution < 1.29 is 4.79 Å².